The van der Waals surface area contributed by atoms with Crippen molar-refractivity contribution >= 4 is 23.2 Å². The lowest BCUT2D eigenvalue weighted by Gasteiger charge is -2.25. The normalized spacial score (nSPS) is 19.0. The van der Waals surface area contributed by atoms with Crippen LogP contribution in [-0.4, -0.2) is 44.0 Å². The Morgan fingerprint density at radius 1 is 1.47 bits per heavy atom. The maximum Gasteiger partial charge on any atom is 0.254 e. The summed E-state index contributed by atoms with van der Waals surface area (Å²) in [7, 11) is 3.45. The van der Waals surface area contributed by atoms with Crippen molar-refractivity contribution < 1.29 is 4.79 Å². The van der Waals surface area contributed by atoms with E-state index in [1.54, 1.807) is 20.2 Å². The summed E-state index contributed by atoms with van der Waals surface area (Å²) in [6, 6.07) is 5.94. The minimum Gasteiger partial charge on any atom is -0.381 e. The molecule has 0 spiro atoms. The molecule has 0 radical (unpaired) electrons. The van der Waals surface area contributed by atoms with E-state index in [4.69, 9.17) is 11.6 Å². The fourth-order valence-corrected chi connectivity index (χ4v) is 2.43. The zero-order valence-corrected chi connectivity index (χ0v) is 12.1. The molecular weight excluding hydrogens is 262 g/mol. The highest BCUT2D eigenvalue weighted by atomic mass is 35.5. The molecule has 1 saturated heterocycles. The number of benzene rings is 1. The van der Waals surface area contributed by atoms with Gasteiger partial charge in [-0.05, 0) is 37.6 Å². The third-order valence-corrected chi connectivity index (χ3v) is 3.60. The van der Waals surface area contributed by atoms with Crippen molar-refractivity contribution in [2.75, 3.05) is 32.5 Å². The molecule has 1 atom stereocenters. The molecule has 1 aliphatic heterocycles. The fraction of sp³-hybridized carbons (Fsp3) is 0.500. The van der Waals surface area contributed by atoms with Gasteiger partial charge in [0.1, 0.15) is 0 Å². The molecule has 1 aromatic carbocycles. The van der Waals surface area contributed by atoms with Crippen LogP contribution in [0, 0.1) is 0 Å². The number of piperidine rings is 1. The van der Waals surface area contributed by atoms with E-state index in [1.807, 2.05) is 12.1 Å². The van der Waals surface area contributed by atoms with E-state index >= 15 is 0 Å². The number of hydrogen-bond donors (Lipinski definition) is 2. The quantitative estimate of drug-likeness (QED) is 0.893. The number of amides is 1. The van der Waals surface area contributed by atoms with Crippen LogP contribution in [0.25, 0.3) is 0 Å². The maximum absolute atomic E-state index is 12.0. The van der Waals surface area contributed by atoms with Crippen LogP contribution < -0.4 is 10.6 Å². The summed E-state index contributed by atoms with van der Waals surface area (Å²) in [5.74, 6) is -0.0737. The Morgan fingerprint density at radius 3 is 2.89 bits per heavy atom. The molecule has 5 heteroatoms. The Kier molecular flexibility index (Phi) is 4.66. The summed E-state index contributed by atoms with van der Waals surface area (Å²) >= 11 is 6.09. The van der Waals surface area contributed by atoms with Gasteiger partial charge in [0.15, 0.2) is 0 Å². The van der Waals surface area contributed by atoms with Gasteiger partial charge in [-0.15, -0.1) is 0 Å². The summed E-state index contributed by atoms with van der Waals surface area (Å²) in [5.41, 5.74) is 1.49. The topological polar surface area (TPSA) is 44.4 Å². The van der Waals surface area contributed by atoms with Gasteiger partial charge in [-0.3, -0.25) is 4.79 Å². The van der Waals surface area contributed by atoms with Gasteiger partial charge in [0.05, 0.1) is 10.6 Å². The molecule has 1 aromatic rings. The fourth-order valence-electron chi connectivity index (χ4n) is 2.23. The lowest BCUT2D eigenvalue weighted by atomic mass is 10.1. The van der Waals surface area contributed by atoms with Crippen molar-refractivity contribution in [1.29, 1.82) is 0 Å². The van der Waals surface area contributed by atoms with Crippen LogP contribution in [0.2, 0.25) is 5.02 Å². The smallest absolute Gasteiger partial charge is 0.254 e. The van der Waals surface area contributed by atoms with Gasteiger partial charge in [0.25, 0.3) is 5.91 Å². The van der Waals surface area contributed by atoms with Crippen LogP contribution in [0.1, 0.15) is 23.2 Å². The van der Waals surface area contributed by atoms with Gasteiger partial charge < -0.3 is 15.5 Å². The molecule has 1 fully saturated rings. The zero-order valence-electron chi connectivity index (χ0n) is 11.4. The lowest BCUT2D eigenvalue weighted by Crippen LogP contribution is -2.38. The van der Waals surface area contributed by atoms with Gasteiger partial charge in [-0.25, -0.2) is 0 Å². The summed E-state index contributed by atoms with van der Waals surface area (Å²) in [6.07, 6.45) is 2.32. The second kappa shape index (κ2) is 6.26. The van der Waals surface area contributed by atoms with Crippen LogP contribution in [0.15, 0.2) is 18.2 Å². The van der Waals surface area contributed by atoms with Crippen molar-refractivity contribution in [3.8, 4) is 0 Å². The third-order valence-electron chi connectivity index (χ3n) is 3.27. The molecule has 4 nitrogen and oxygen atoms in total. The van der Waals surface area contributed by atoms with Crippen LogP contribution in [0.4, 0.5) is 5.69 Å². The summed E-state index contributed by atoms with van der Waals surface area (Å²) in [6.45, 7) is 2.04. The number of carbonyl (C=O) groups excluding carboxylic acids is 1. The first-order chi connectivity index (χ1) is 9.08. The molecule has 19 heavy (non-hydrogen) atoms. The minimum absolute atomic E-state index is 0.0737. The van der Waals surface area contributed by atoms with Crippen molar-refractivity contribution in [2.24, 2.45) is 0 Å². The average molecular weight is 282 g/mol. The SMILES string of the molecule is CN(C)C(=O)c1cc(NC2CCCNC2)ccc1Cl. The number of anilines is 1. The van der Waals surface area contributed by atoms with E-state index in [0.717, 1.165) is 25.2 Å². The Hall–Kier alpha value is -1.26. The largest absolute Gasteiger partial charge is 0.381 e. The molecule has 1 amide bonds. The van der Waals surface area contributed by atoms with Gasteiger partial charge in [-0.1, -0.05) is 11.6 Å². The minimum atomic E-state index is -0.0737. The first-order valence-electron chi connectivity index (χ1n) is 6.56. The van der Waals surface area contributed by atoms with Gasteiger partial charge in [0.2, 0.25) is 0 Å². The maximum atomic E-state index is 12.0. The molecule has 1 heterocycles. The Balaban J connectivity index is 2.13. The van der Waals surface area contributed by atoms with E-state index in [1.165, 1.54) is 11.3 Å². The molecule has 0 saturated carbocycles. The molecule has 104 valence electrons. The van der Waals surface area contributed by atoms with E-state index in [-0.39, 0.29) is 5.91 Å². The number of hydrogen-bond acceptors (Lipinski definition) is 3. The molecule has 1 unspecified atom stereocenters. The van der Waals surface area contributed by atoms with E-state index in [9.17, 15) is 4.79 Å². The first-order valence-corrected chi connectivity index (χ1v) is 6.94. The highest BCUT2D eigenvalue weighted by Crippen LogP contribution is 2.22. The molecule has 1 aliphatic rings. The first kappa shape index (κ1) is 14.2. The highest BCUT2D eigenvalue weighted by Gasteiger charge is 2.16. The number of nitrogens with zero attached hydrogens (tertiary/aromatic N) is 1. The van der Waals surface area contributed by atoms with Gasteiger partial charge in [0, 0.05) is 32.4 Å². The predicted octanol–water partition coefficient (Wildman–Crippen LogP) is 2.21. The van der Waals surface area contributed by atoms with Crippen LogP contribution >= 0.6 is 11.6 Å². The van der Waals surface area contributed by atoms with Crippen molar-refractivity contribution in [1.82, 2.24) is 10.2 Å². The Morgan fingerprint density at radius 2 is 2.26 bits per heavy atom. The van der Waals surface area contributed by atoms with Crippen LogP contribution in [0.3, 0.4) is 0 Å². The zero-order chi connectivity index (χ0) is 13.8. The number of nitrogens with one attached hydrogen (secondary N) is 2. The molecular formula is C14H20ClN3O. The second-order valence-corrected chi connectivity index (χ2v) is 5.49. The second-order valence-electron chi connectivity index (χ2n) is 5.08. The Labute approximate surface area is 119 Å². The number of halogens is 1. The standard InChI is InChI=1S/C14H20ClN3O/c1-18(2)14(19)12-8-10(5-6-13(12)15)17-11-4-3-7-16-9-11/h5-6,8,11,16-17H,3-4,7,9H2,1-2H3. The Bertz CT molecular complexity index is 456. The molecule has 0 bridgehead atoms. The number of carbonyl (C=O) groups is 1. The van der Waals surface area contributed by atoms with Gasteiger partial charge in [-0.2, -0.15) is 0 Å². The molecule has 0 aliphatic carbocycles. The molecule has 0 aromatic heterocycles. The van der Waals surface area contributed by atoms with Crippen LogP contribution in [-0.2, 0) is 0 Å². The van der Waals surface area contributed by atoms with E-state index in [0.29, 0.717) is 16.6 Å². The van der Waals surface area contributed by atoms with Crippen molar-refractivity contribution in [3.05, 3.63) is 28.8 Å². The molecule has 2 rings (SSSR count). The third kappa shape index (κ3) is 3.61. The molecule has 2 N–H and O–H groups in total. The summed E-state index contributed by atoms with van der Waals surface area (Å²) in [4.78, 5) is 13.5. The number of rotatable bonds is 3. The lowest BCUT2D eigenvalue weighted by molar-refractivity contribution is 0.0828. The van der Waals surface area contributed by atoms with Crippen LogP contribution in [0.5, 0.6) is 0 Å². The summed E-state index contributed by atoms with van der Waals surface area (Å²) < 4.78 is 0. The van der Waals surface area contributed by atoms with E-state index in [2.05, 4.69) is 10.6 Å². The summed E-state index contributed by atoms with van der Waals surface area (Å²) in [5, 5.41) is 7.30. The van der Waals surface area contributed by atoms with Gasteiger partial charge >= 0.3 is 0 Å². The van der Waals surface area contributed by atoms with Crippen molar-refractivity contribution in [2.45, 2.75) is 18.9 Å². The predicted molar refractivity (Wildman–Crippen MR) is 79.0 cm³/mol. The van der Waals surface area contributed by atoms with E-state index < -0.39 is 0 Å². The average Bonchev–Trinajstić information content (AvgIpc) is 2.41. The highest BCUT2D eigenvalue weighted by molar-refractivity contribution is 6.34. The van der Waals surface area contributed by atoms with Crippen molar-refractivity contribution in [3.63, 3.8) is 0 Å². The monoisotopic (exact) mass is 281 g/mol.